The summed E-state index contributed by atoms with van der Waals surface area (Å²) in [4.78, 5) is 9.22. The second kappa shape index (κ2) is 6.33. The van der Waals surface area contributed by atoms with Crippen LogP contribution in [-0.4, -0.2) is 26.7 Å². The number of hydrogen-bond donors (Lipinski definition) is 0. The summed E-state index contributed by atoms with van der Waals surface area (Å²) in [6, 6.07) is 12.3. The molecule has 4 rings (SSSR count). The number of fused-ring (bicyclic) bond motifs is 3. The van der Waals surface area contributed by atoms with Crippen LogP contribution in [0, 0.1) is 12.7 Å². The summed E-state index contributed by atoms with van der Waals surface area (Å²) in [6.07, 6.45) is 0. The summed E-state index contributed by atoms with van der Waals surface area (Å²) in [7, 11) is 1.58. The Kier molecular flexibility index (Phi) is 4.01. The third-order valence-corrected chi connectivity index (χ3v) is 4.83. The Labute approximate surface area is 147 Å². The first-order chi connectivity index (χ1) is 12.2. The molecule has 0 atom stereocenters. The molecule has 0 spiro atoms. The van der Waals surface area contributed by atoms with Gasteiger partial charge in [0.15, 0.2) is 10.8 Å². The van der Waals surface area contributed by atoms with E-state index in [-0.39, 0.29) is 5.82 Å². The Morgan fingerprint density at radius 1 is 1.16 bits per heavy atom. The fraction of sp³-hybridized carbons (Fsp3) is 0.167. The van der Waals surface area contributed by atoms with Gasteiger partial charge in [0.05, 0.1) is 12.6 Å². The lowest BCUT2D eigenvalue weighted by Gasteiger charge is -2.09. The fourth-order valence-corrected chi connectivity index (χ4v) is 3.65. The molecular weight excluding hydrogens is 339 g/mol. The predicted molar refractivity (Wildman–Crippen MR) is 95.5 cm³/mol. The van der Waals surface area contributed by atoms with Crippen molar-refractivity contribution in [1.29, 1.82) is 0 Å². The first-order valence-corrected chi connectivity index (χ1v) is 8.71. The molecule has 0 radical (unpaired) electrons. The van der Waals surface area contributed by atoms with Crippen molar-refractivity contribution in [3.8, 4) is 5.75 Å². The molecule has 5 nitrogen and oxygen atoms in total. The van der Waals surface area contributed by atoms with E-state index >= 15 is 0 Å². The van der Waals surface area contributed by atoms with Gasteiger partial charge in [-0.1, -0.05) is 23.9 Å². The second-order valence-electron chi connectivity index (χ2n) is 5.55. The van der Waals surface area contributed by atoms with Crippen molar-refractivity contribution >= 4 is 28.3 Å². The standard InChI is InChI=1S/C18H15FN4OS/c1-11-20-17-14-5-3-4-6-15(14)21-18(23(17)22-11)25-10-12-9-13(19)7-8-16(12)24-2/h3-9H,10H2,1-2H3. The zero-order valence-electron chi connectivity index (χ0n) is 13.7. The molecule has 0 N–H and O–H groups in total. The van der Waals surface area contributed by atoms with E-state index in [4.69, 9.17) is 9.72 Å². The summed E-state index contributed by atoms with van der Waals surface area (Å²) < 4.78 is 20.6. The van der Waals surface area contributed by atoms with Crippen LogP contribution in [0.15, 0.2) is 47.6 Å². The van der Waals surface area contributed by atoms with Crippen molar-refractivity contribution in [3.05, 3.63) is 59.7 Å². The number of aromatic nitrogens is 4. The van der Waals surface area contributed by atoms with Crippen LogP contribution in [0.4, 0.5) is 4.39 Å². The Balaban J connectivity index is 1.77. The van der Waals surface area contributed by atoms with Gasteiger partial charge in [0.1, 0.15) is 17.4 Å². The monoisotopic (exact) mass is 354 g/mol. The molecule has 0 unspecified atom stereocenters. The van der Waals surface area contributed by atoms with Gasteiger partial charge in [-0.3, -0.25) is 0 Å². The lowest BCUT2D eigenvalue weighted by Crippen LogP contribution is -1.99. The highest BCUT2D eigenvalue weighted by Gasteiger charge is 2.13. The summed E-state index contributed by atoms with van der Waals surface area (Å²) in [5.41, 5.74) is 2.40. The van der Waals surface area contributed by atoms with Crippen LogP contribution in [0.25, 0.3) is 16.6 Å². The van der Waals surface area contributed by atoms with Crippen molar-refractivity contribution in [2.75, 3.05) is 7.11 Å². The number of methoxy groups -OCH3 is 1. The molecule has 0 aliphatic carbocycles. The van der Waals surface area contributed by atoms with Gasteiger partial charge < -0.3 is 4.74 Å². The molecule has 0 saturated carbocycles. The maximum atomic E-state index is 13.6. The molecule has 0 amide bonds. The summed E-state index contributed by atoms with van der Waals surface area (Å²) >= 11 is 1.47. The quantitative estimate of drug-likeness (QED) is 0.409. The number of aryl methyl sites for hydroxylation is 1. The van der Waals surface area contributed by atoms with Gasteiger partial charge >= 0.3 is 0 Å². The minimum Gasteiger partial charge on any atom is -0.496 e. The number of ether oxygens (including phenoxy) is 1. The van der Waals surface area contributed by atoms with Crippen LogP contribution in [-0.2, 0) is 5.75 Å². The highest BCUT2D eigenvalue weighted by molar-refractivity contribution is 7.98. The van der Waals surface area contributed by atoms with Gasteiger partial charge in [0, 0.05) is 16.7 Å². The average molecular weight is 354 g/mol. The van der Waals surface area contributed by atoms with E-state index < -0.39 is 0 Å². The van der Waals surface area contributed by atoms with E-state index in [0.29, 0.717) is 22.5 Å². The molecule has 25 heavy (non-hydrogen) atoms. The number of rotatable bonds is 4. The first kappa shape index (κ1) is 15.8. The lowest BCUT2D eigenvalue weighted by molar-refractivity contribution is 0.410. The first-order valence-electron chi connectivity index (χ1n) is 7.73. The third-order valence-electron chi connectivity index (χ3n) is 3.85. The molecular formula is C18H15FN4OS. The zero-order chi connectivity index (χ0) is 17.4. The summed E-state index contributed by atoms with van der Waals surface area (Å²) in [5, 5.41) is 6.12. The zero-order valence-corrected chi connectivity index (χ0v) is 14.5. The number of thioether (sulfide) groups is 1. The molecule has 0 fully saturated rings. The number of hydrogen-bond acceptors (Lipinski definition) is 5. The van der Waals surface area contributed by atoms with Crippen LogP contribution in [0.3, 0.4) is 0 Å². The van der Waals surface area contributed by atoms with E-state index in [0.717, 1.165) is 22.1 Å². The highest BCUT2D eigenvalue weighted by Crippen LogP contribution is 2.29. The van der Waals surface area contributed by atoms with Crippen LogP contribution < -0.4 is 4.74 Å². The van der Waals surface area contributed by atoms with Gasteiger partial charge in [-0.15, -0.1) is 5.10 Å². The van der Waals surface area contributed by atoms with E-state index in [2.05, 4.69) is 10.1 Å². The predicted octanol–water partition coefficient (Wildman–Crippen LogP) is 4.03. The van der Waals surface area contributed by atoms with Crippen molar-refractivity contribution in [1.82, 2.24) is 19.6 Å². The minimum absolute atomic E-state index is 0.287. The minimum atomic E-state index is -0.287. The fourth-order valence-electron chi connectivity index (χ4n) is 2.73. The van der Waals surface area contributed by atoms with Crippen LogP contribution in [0.2, 0.25) is 0 Å². The molecule has 7 heteroatoms. The Bertz CT molecular complexity index is 1080. The van der Waals surface area contributed by atoms with Crippen LogP contribution in [0.5, 0.6) is 5.75 Å². The van der Waals surface area contributed by atoms with Crippen LogP contribution >= 0.6 is 11.8 Å². The topological polar surface area (TPSA) is 52.3 Å². The molecule has 0 bridgehead atoms. The van der Waals surface area contributed by atoms with Gasteiger partial charge in [-0.05, 0) is 37.3 Å². The highest BCUT2D eigenvalue weighted by atomic mass is 32.2. The van der Waals surface area contributed by atoms with Gasteiger partial charge in [-0.25, -0.2) is 14.4 Å². The smallest absolute Gasteiger partial charge is 0.191 e. The SMILES string of the molecule is COc1ccc(F)cc1CSc1nc2ccccc2c2nc(C)nn12. The van der Waals surface area contributed by atoms with Gasteiger partial charge in [-0.2, -0.15) is 4.52 Å². The molecule has 126 valence electrons. The van der Waals surface area contributed by atoms with E-state index in [1.54, 1.807) is 17.7 Å². The molecule has 0 aliphatic rings. The molecule has 4 aromatic rings. The van der Waals surface area contributed by atoms with Gasteiger partial charge in [0.2, 0.25) is 0 Å². The molecule has 2 heterocycles. The Morgan fingerprint density at radius 2 is 2.00 bits per heavy atom. The van der Waals surface area contributed by atoms with Crippen molar-refractivity contribution in [2.45, 2.75) is 17.8 Å². The average Bonchev–Trinajstić information content (AvgIpc) is 3.01. The lowest BCUT2D eigenvalue weighted by atomic mass is 10.2. The van der Waals surface area contributed by atoms with Gasteiger partial charge in [0.25, 0.3) is 0 Å². The van der Waals surface area contributed by atoms with Crippen molar-refractivity contribution in [2.24, 2.45) is 0 Å². The molecule has 0 saturated heterocycles. The van der Waals surface area contributed by atoms with E-state index in [1.807, 2.05) is 31.2 Å². The largest absolute Gasteiger partial charge is 0.496 e. The van der Waals surface area contributed by atoms with Crippen molar-refractivity contribution in [3.63, 3.8) is 0 Å². The normalized spacial score (nSPS) is 11.3. The maximum Gasteiger partial charge on any atom is 0.191 e. The van der Waals surface area contributed by atoms with Crippen LogP contribution in [0.1, 0.15) is 11.4 Å². The van der Waals surface area contributed by atoms with E-state index in [9.17, 15) is 4.39 Å². The van der Waals surface area contributed by atoms with Crippen molar-refractivity contribution < 1.29 is 9.13 Å². The number of para-hydroxylation sites is 1. The molecule has 2 aromatic carbocycles. The number of benzene rings is 2. The number of halogens is 1. The Morgan fingerprint density at radius 3 is 2.84 bits per heavy atom. The summed E-state index contributed by atoms with van der Waals surface area (Å²) in [5.74, 6) is 1.56. The Hall–Kier alpha value is -2.67. The molecule has 0 aliphatic heterocycles. The second-order valence-corrected chi connectivity index (χ2v) is 6.49. The molecule has 2 aromatic heterocycles. The summed E-state index contributed by atoms with van der Waals surface area (Å²) in [6.45, 7) is 1.85. The maximum absolute atomic E-state index is 13.6. The van der Waals surface area contributed by atoms with E-state index in [1.165, 1.54) is 23.9 Å². The third kappa shape index (κ3) is 2.91. The number of nitrogens with zero attached hydrogens (tertiary/aromatic N) is 4.